The number of anilines is 2. The average Bonchev–Trinajstić information content (AvgIpc) is 3.08. The maximum absolute atomic E-state index is 13.8. The van der Waals surface area contributed by atoms with Gasteiger partial charge in [-0.1, -0.05) is 48.5 Å². The lowest BCUT2D eigenvalue weighted by atomic mass is 9.82. The highest BCUT2D eigenvalue weighted by molar-refractivity contribution is 6.11. The molecule has 1 aliphatic heterocycles. The summed E-state index contributed by atoms with van der Waals surface area (Å²) >= 11 is 0. The van der Waals surface area contributed by atoms with Gasteiger partial charge in [-0.25, -0.2) is 0 Å². The number of rotatable bonds is 4. The first-order valence-electron chi connectivity index (χ1n) is 9.64. The van der Waals surface area contributed by atoms with Gasteiger partial charge in [0, 0.05) is 18.1 Å². The van der Waals surface area contributed by atoms with E-state index in [2.05, 4.69) is 9.97 Å². The molecule has 3 heterocycles. The van der Waals surface area contributed by atoms with Crippen LogP contribution in [0.2, 0.25) is 0 Å². The molecule has 0 saturated carbocycles. The third kappa shape index (κ3) is 2.99. The summed E-state index contributed by atoms with van der Waals surface area (Å²) in [6.45, 7) is 0. The number of hydrogen-bond acceptors (Lipinski definition) is 3. The number of hydrogen-bond donors (Lipinski definition) is 0. The Balaban J connectivity index is 1.70. The molecule has 4 aromatic rings. The minimum Gasteiger partial charge on any atom is -0.280 e. The Morgan fingerprint density at radius 3 is 1.90 bits per heavy atom. The zero-order valence-corrected chi connectivity index (χ0v) is 15.7. The standard InChI is InChI=1S/C25H19N3O/c29-25-23(24(20-13-6-8-16-26-20)21-14-7-9-17-27-21)19-12-4-5-15-22(19)28(25)18-10-2-1-3-11-18/h1-17,23-24H. The molecule has 0 spiro atoms. The van der Waals surface area contributed by atoms with Crippen molar-refractivity contribution in [1.29, 1.82) is 0 Å². The van der Waals surface area contributed by atoms with Gasteiger partial charge in [-0.3, -0.25) is 19.7 Å². The first kappa shape index (κ1) is 17.3. The summed E-state index contributed by atoms with van der Waals surface area (Å²) in [6.07, 6.45) is 3.54. The van der Waals surface area contributed by atoms with E-state index in [9.17, 15) is 4.79 Å². The molecule has 2 aromatic heterocycles. The Bertz CT molecular complexity index is 1090. The van der Waals surface area contributed by atoms with Crippen LogP contribution < -0.4 is 4.90 Å². The van der Waals surface area contributed by atoms with Crippen LogP contribution in [0.15, 0.2) is 103 Å². The zero-order valence-electron chi connectivity index (χ0n) is 15.7. The van der Waals surface area contributed by atoms with Crippen molar-refractivity contribution in [2.24, 2.45) is 0 Å². The fourth-order valence-corrected chi connectivity index (χ4v) is 4.12. The molecule has 0 aliphatic carbocycles. The second-order valence-electron chi connectivity index (χ2n) is 7.03. The van der Waals surface area contributed by atoms with Gasteiger partial charge in [-0.2, -0.15) is 0 Å². The van der Waals surface area contributed by atoms with Gasteiger partial charge < -0.3 is 0 Å². The summed E-state index contributed by atoms with van der Waals surface area (Å²) in [4.78, 5) is 24.8. The number of carbonyl (C=O) groups is 1. The number of nitrogens with zero attached hydrogens (tertiary/aromatic N) is 3. The summed E-state index contributed by atoms with van der Waals surface area (Å²) in [5.41, 5.74) is 4.48. The number of amides is 1. The van der Waals surface area contributed by atoms with E-state index in [0.29, 0.717) is 0 Å². The van der Waals surface area contributed by atoms with Gasteiger partial charge >= 0.3 is 0 Å². The SMILES string of the molecule is O=C1C(C(c2ccccn2)c2ccccn2)c2ccccc2N1c1ccccc1. The summed E-state index contributed by atoms with van der Waals surface area (Å²) in [5.74, 6) is -0.616. The summed E-state index contributed by atoms with van der Waals surface area (Å²) in [5, 5.41) is 0. The number of benzene rings is 2. The zero-order chi connectivity index (χ0) is 19.6. The molecule has 29 heavy (non-hydrogen) atoms. The summed E-state index contributed by atoms with van der Waals surface area (Å²) < 4.78 is 0. The molecule has 4 nitrogen and oxygen atoms in total. The van der Waals surface area contributed by atoms with Crippen LogP contribution in [0.25, 0.3) is 0 Å². The molecule has 1 aliphatic rings. The number of carbonyl (C=O) groups excluding carboxylic acids is 1. The van der Waals surface area contributed by atoms with E-state index in [4.69, 9.17) is 0 Å². The smallest absolute Gasteiger partial charge is 0.240 e. The molecule has 0 N–H and O–H groups in total. The highest BCUT2D eigenvalue weighted by atomic mass is 16.2. The molecule has 1 unspecified atom stereocenters. The highest BCUT2D eigenvalue weighted by Crippen LogP contribution is 2.49. The van der Waals surface area contributed by atoms with Crippen LogP contribution in [0.1, 0.15) is 28.8 Å². The molecule has 0 radical (unpaired) electrons. The molecule has 5 rings (SSSR count). The maximum Gasteiger partial charge on any atom is 0.240 e. The highest BCUT2D eigenvalue weighted by Gasteiger charge is 2.44. The van der Waals surface area contributed by atoms with Crippen LogP contribution in [0.3, 0.4) is 0 Å². The third-order valence-electron chi connectivity index (χ3n) is 5.36. The number of fused-ring (bicyclic) bond motifs is 1. The molecule has 0 saturated heterocycles. The van der Waals surface area contributed by atoms with Crippen molar-refractivity contribution in [2.45, 2.75) is 11.8 Å². The van der Waals surface area contributed by atoms with Crippen molar-refractivity contribution in [1.82, 2.24) is 9.97 Å². The van der Waals surface area contributed by atoms with E-state index >= 15 is 0 Å². The summed E-state index contributed by atoms with van der Waals surface area (Å²) in [7, 11) is 0. The molecule has 1 amide bonds. The van der Waals surface area contributed by atoms with Gasteiger partial charge in [0.1, 0.15) is 0 Å². The van der Waals surface area contributed by atoms with Crippen molar-refractivity contribution in [3.8, 4) is 0 Å². The lowest BCUT2D eigenvalue weighted by Crippen LogP contribution is -2.28. The second-order valence-corrected chi connectivity index (χ2v) is 7.03. The Labute approximate surface area is 169 Å². The molecule has 140 valence electrons. The first-order valence-corrected chi connectivity index (χ1v) is 9.64. The maximum atomic E-state index is 13.8. The van der Waals surface area contributed by atoms with Crippen LogP contribution in [0.5, 0.6) is 0 Å². The third-order valence-corrected chi connectivity index (χ3v) is 5.36. The van der Waals surface area contributed by atoms with Gasteiger partial charge in [0.2, 0.25) is 5.91 Å². The van der Waals surface area contributed by atoms with Crippen molar-refractivity contribution in [3.63, 3.8) is 0 Å². The van der Waals surface area contributed by atoms with Crippen molar-refractivity contribution < 1.29 is 4.79 Å². The molecule has 0 fully saturated rings. The molecule has 0 bridgehead atoms. The number of para-hydroxylation sites is 2. The Morgan fingerprint density at radius 1 is 0.690 bits per heavy atom. The van der Waals surface area contributed by atoms with Crippen molar-refractivity contribution in [3.05, 3.63) is 120 Å². The Hall–Kier alpha value is -3.79. The fourth-order valence-electron chi connectivity index (χ4n) is 4.12. The monoisotopic (exact) mass is 377 g/mol. The Kier molecular flexibility index (Phi) is 4.37. The molecular weight excluding hydrogens is 358 g/mol. The molecule has 4 heteroatoms. The molecular formula is C25H19N3O. The van der Waals surface area contributed by atoms with E-state index < -0.39 is 5.92 Å². The van der Waals surface area contributed by atoms with Crippen LogP contribution >= 0.6 is 0 Å². The van der Waals surface area contributed by atoms with Crippen molar-refractivity contribution in [2.75, 3.05) is 4.90 Å². The van der Waals surface area contributed by atoms with Crippen LogP contribution in [0.4, 0.5) is 11.4 Å². The summed E-state index contributed by atoms with van der Waals surface area (Å²) in [6, 6.07) is 29.4. The van der Waals surface area contributed by atoms with E-state index in [1.165, 1.54) is 0 Å². The first-order chi connectivity index (χ1) is 14.3. The normalized spacial score (nSPS) is 15.6. The average molecular weight is 377 g/mol. The van der Waals surface area contributed by atoms with Gasteiger partial charge in [0.15, 0.2) is 0 Å². The van der Waals surface area contributed by atoms with E-state index in [1.54, 1.807) is 12.4 Å². The van der Waals surface area contributed by atoms with Crippen LogP contribution in [0, 0.1) is 0 Å². The predicted molar refractivity (Wildman–Crippen MR) is 113 cm³/mol. The van der Waals surface area contributed by atoms with Gasteiger partial charge in [-0.05, 0) is 48.0 Å². The minimum absolute atomic E-state index is 0.0405. The number of aromatic nitrogens is 2. The van der Waals surface area contributed by atoms with Crippen molar-refractivity contribution >= 4 is 17.3 Å². The number of pyridine rings is 2. The van der Waals surface area contributed by atoms with E-state index in [-0.39, 0.29) is 11.8 Å². The van der Waals surface area contributed by atoms with E-state index in [1.807, 2.05) is 95.9 Å². The van der Waals surface area contributed by atoms with Crippen LogP contribution in [-0.4, -0.2) is 15.9 Å². The van der Waals surface area contributed by atoms with E-state index in [0.717, 1.165) is 28.3 Å². The predicted octanol–water partition coefficient (Wildman–Crippen LogP) is 5.07. The topological polar surface area (TPSA) is 46.1 Å². The van der Waals surface area contributed by atoms with Gasteiger partial charge in [0.05, 0.1) is 28.9 Å². The molecule has 2 aromatic carbocycles. The largest absolute Gasteiger partial charge is 0.280 e. The second kappa shape index (κ2) is 7.32. The minimum atomic E-state index is -0.392. The fraction of sp³-hybridized carbons (Fsp3) is 0.0800. The lowest BCUT2D eigenvalue weighted by molar-refractivity contribution is -0.118. The molecule has 1 atom stereocenters. The van der Waals surface area contributed by atoms with Gasteiger partial charge in [-0.15, -0.1) is 0 Å². The van der Waals surface area contributed by atoms with Gasteiger partial charge in [0.25, 0.3) is 0 Å². The quantitative estimate of drug-likeness (QED) is 0.499. The van der Waals surface area contributed by atoms with Crippen LogP contribution in [-0.2, 0) is 4.79 Å². The lowest BCUT2D eigenvalue weighted by Gasteiger charge is -2.23. The Morgan fingerprint density at radius 2 is 1.28 bits per heavy atom.